The second-order valence-corrected chi connectivity index (χ2v) is 10.7. The molecule has 0 saturated heterocycles. The smallest absolute Gasteiger partial charge is 0.315 e. The van der Waals surface area contributed by atoms with E-state index in [0.717, 1.165) is 47.2 Å². The molecule has 0 bridgehead atoms. The zero-order valence-electron chi connectivity index (χ0n) is 21.7. The first kappa shape index (κ1) is 26.9. The lowest BCUT2D eigenvalue weighted by molar-refractivity contribution is -0.132. The number of carbonyl (C=O) groups is 2. The fourth-order valence-electron chi connectivity index (χ4n) is 5.54. The van der Waals surface area contributed by atoms with Gasteiger partial charge in [0.1, 0.15) is 5.69 Å². The molecule has 0 atom stereocenters. The van der Waals surface area contributed by atoms with Gasteiger partial charge in [0.15, 0.2) is 5.82 Å². The van der Waals surface area contributed by atoms with E-state index in [1.165, 1.54) is 0 Å². The van der Waals surface area contributed by atoms with Gasteiger partial charge in [-0.05, 0) is 68.1 Å². The van der Waals surface area contributed by atoms with Crippen LogP contribution in [0.1, 0.15) is 56.9 Å². The van der Waals surface area contributed by atoms with Gasteiger partial charge in [0.05, 0.1) is 0 Å². The topological polar surface area (TPSA) is 110 Å². The lowest BCUT2D eigenvalue weighted by Gasteiger charge is -2.38. The summed E-state index contributed by atoms with van der Waals surface area (Å²) < 4.78 is 25.0. The molecule has 4 N–H and O–H groups in total. The number of aromatic nitrogens is 2. The van der Waals surface area contributed by atoms with E-state index in [1.807, 2.05) is 48.5 Å². The molecule has 9 heteroatoms. The molecule has 1 heterocycles. The van der Waals surface area contributed by atoms with Gasteiger partial charge in [0, 0.05) is 29.1 Å². The van der Waals surface area contributed by atoms with E-state index in [4.69, 9.17) is 5.73 Å². The molecule has 0 radical (unpaired) electrons. The maximum Gasteiger partial charge on any atom is 0.315 e. The van der Waals surface area contributed by atoms with Crippen LogP contribution in [0.3, 0.4) is 0 Å². The Labute approximate surface area is 226 Å². The molecule has 0 unspecified atom stereocenters. The second-order valence-electron chi connectivity index (χ2n) is 10.7. The number of hydrogen-bond donors (Lipinski definition) is 3. The first-order chi connectivity index (χ1) is 18.8. The standard InChI is InChI=1S/C30H33F2N5O2/c31-28(32)29(39)34-23-13-7-19(8-14-23)17-26(38)35-25-18-24(20-5-2-1-3-6-20)27(37-36-25)21-9-11-22(12-10-21)30(33)15-4-16-30/h1-3,5-6,9-12,18-19,23,28H,4,7-8,13-17,33H2,(H,34,39)(H,35,36,38)/t19-,23-. The summed E-state index contributed by atoms with van der Waals surface area (Å²) in [5.74, 6) is -0.919. The highest BCUT2D eigenvalue weighted by Crippen LogP contribution is 2.40. The minimum absolute atomic E-state index is 0.116. The van der Waals surface area contributed by atoms with Crippen LogP contribution in [0, 0.1) is 5.92 Å². The molecular formula is C30H33F2N5O2. The zero-order valence-corrected chi connectivity index (χ0v) is 21.7. The van der Waals surface area contributed by atoms with Crippen LogP contribution in [-0.2, 0) is 15.1 Å². The lowest BCUT2D eigenvalue weighted by Crippen LogP contribution is -2.43. The van der Waals surface area contributed by atoms with E-state index >= 15 is 0 Å². The number of rotatable bonds is 8. The van der Waals surface area contributed by atoms with Gasteiger partial charge in [-0.3, -0.25) is 9.59 Å². The second kappa shape index (κ2) is 11.6. The third kappa shape index (κ3) is 6.30. The average Bonchev–Trinajstić information content (AvgIpc) is 2.93. The van der Waals surface area contributed by atoms with Crippen LogP contribution in [0.2, 0.25) is 0 Å². The molecule has 204 valence electrons. The highest BCUT2D eigenvalue weighted by Gasteiger charge is 2.34. The predicted octanol–water partition coefficient (Wildman–Crippen LogP) is 5.42. The maximum absolute atomic E-state index is 12.8. The number of nitrogens with one attached hydrogen (secondary N) is 2. The van der Waals surface area contributed by atoms with E-state index < -0.39 is 12.3 Å². The summed E-state index contributed by atoms with van der Waals surface area (Å²) in [6.45, 7) is 0. The molecule has 2 fully saturated rings. The fraction of sp³-hybridized carbons (Fsp3) is 0.400. The molecule has 5 rings (SSSR count). The number of benzene rings is 2. The predicted molar refractivity (Wildman–Crippen MR) is 146 cm³/mol. The third-order valence-electron chi connectivity index (χ3n) is 7.99. The summed E-state index contributed by atoms with van der Waals surface area (Å²) in [5, 5.41) is 14.1. The molecule has 2 saturated carbocycles. The maximum atomic E-state index is 12.8. The van der Waals surface area contributed by atoms with Crippen LogP contribution >= 0.6 is 0 Å². The largest absolute Gasteiger partial charge is 0.348 e. The first-order valence-electron chi connectivity index (χ1n) is 13.5. The summed E-state index contributed by atoms with van der Waals surface area (Å²) in [6, 6.07) is 19.6. The minimum atomic E-state index is -3.01. The number of nitrogens with two attached hydrogens (primary N) is 1. The Morgan fingerprint density at radius 1 is 0.949 bits per heavy atom. The monoisotopic (exact) mass is 533 g/mol. The van der Waals surface area contributed by atoms with Crippen LogP contribution < -0.4 is 16.4 Å². The molecular weight excluding hydrogens is 500 g/mol. The quantitative estimate of drug-likeness (QED) is 0.358. The van der Waals surface area contributed by atoms with Crippen molar-refractivity contribution < 1.29 is 18.4 Å². The Hall–Kier alpha value is -3.72. The number of alkyl halides is 2. The summed E-state index contributed by atoms with van der Waals surface area (Å²) in [7, 11) is 0. The molecule has 39 heavy (non-hydrogen) atoms. The van der Waals surface area contributed by atoms with Crippen LogP contribution in [0.15, 0.2) is 60.7 Å². The van der Waals surface area contributed by atoms with Crippen molar-refractivity contribution in [3.63, 3.8) is 0 Å². The normalized spacial score (nSPS) is 20.2. The van der Waals surface area contributed by atoms with Crippen molar-refractivity contribution in [2.45, 2.75) is 69.4 Å². The van der Waals surface area contributed by atoms with Gasteiger partial charge in [-0.15, -0.1) is 10.2 Å². The first-order valence-corrected chi connectivity index (χ1v) is 13.5. The SMILES string of the molecule is NC1(c2ccc(-c3nnc(NC(=O)C[C@H]4CC[C@H](NC(=O)C(F)F)CC4)cc3-c3ccccc3)cc2)CCC1. The number of halogens is 2. The van der Waals surface area contributed by atoms with Gasteiger partial charge >= 0.3 is 6.43 Å². The third-order valence-corrected chi connectivity index (χ3v) is 7.99. The van der Waals surface area contributed by atoms with E-state index in [-0.39, 0.29) is 23.4 Å². The van der Waals surface area contributed by atoms with Gasteiger partial charge in [0.25, 0.3) is 5.91 Å². The van der Waals surface area contributed by atoms with Gasteiger partial charge in [-0.2, -0.15) is 8.78 Å². The molecule has 3 aromatic rings. The summed E-state index contributed by atoms with van der Waals surface area (Å²) in [6.07, 6.45) is 2.94. The van der Waals surface area contributed by atoms with Crippen molar-refractivity contribution in [2.24, 2.45) is 11.7 Å². The van der Waals surface area contributed by atoms with E-state index in [0.29, 0.717) is 37.9 Å². The number of nitrogens with zero attached hydrogens (tertiary/aromatic N) is 2. The molecule has 2 amide bonds. The van der Waals surface area contributed by atoms with Crippen molar-refractivity contribution in [3.8, 4) is 22.4 Å². The van der Waals surface area contributed by atoms with E-state index in [2.05, 4.69) is 33.0 Å². The molecule has 7 nitrogen and oxygen atoms in total. The number of hydrogen-bond acceptors (Lipinski definition) is 5. The molecule has 2 aromatic carbocycles. The van der Waals surface area contributed by atoms with Crippen LogP contribution in [-0.4, -0.2) is 34.5 Å². The summed E-state index contributed by atoms with van der Waals surface area (Å²) in [4.78, 5) is 24.1. The summed E-state index contributed by atoms with van der Waals surface area (Å²) >= 11 is 0. The Morgan fingerprint density at radius 2 is 1.64 bits per heavy atom. The number of anilines is 1. The molecule has 0 spiro atoms. The number of carbonyl (C=O) groups excluding carboxylic acids is 2. The molecule has 0 aliphatic heterocycles. The Balaban J connectivity index is 1.27. The zero-order chi connectivity index (χ0) is 27.4. The van der Waals surface area contributed by atoms with E-state index in [1.54, 1.807) is 0 Å². The Bertz CT molecular complexity index is 1300. The Kier molecular flexibility index (Phi) is 7.97. The fourth-order valence-corrected chi connectivity index (χ4v) is 5.54. The van der Waals surface area contributed by atoms with Gasteiger partial charge in [0.2, 0.25) is 5.91 Å². The number of amides is 2. The van der Waals surface area contributed by atoms with Crippen molar-refractivity contribution in [1.82, 2.24) is 15.5 Å². The molecule has 1 aromatic heterocycles. The lowest BCUT2D eigenvalue weighted by atomic mass is 9.72. The molecule has 2 aliphatic carbocycles. The average molecular weight is 534 g/mol. The van der Waals surface area contributed by atoms with Gasteiger partial charge < -0.3 is 16.4 Å². The van der Waals surface area contributed by atoms with E-state index in [9.17, 15) is 18.4 Å². The van der Waals surface area contributed by atoms with Gasteiger partial charge in [-0.25, -0.2) is 0 Å². The highest BCUT2D eigenvalue weighted by molar-refractivity contribution is 5.91. The highest BCUT2D eigenvalue weighted by atomic mass is 19.3. The van der Waals surface area contributed by atoms with Crippen molar-refractivity contribution in [3.05, 3.63) is 66.2 Å². The summed E-state index contributed by atoms with van der Waals surface area (Å²) in [5.41, 5.74) is 10.8. The van der Waals surface area contributed by atoms with Crippen molar-refractivity contribution >= 4 is 17.6 Å². The van der Waals surface area contributed by atoms with Crippen LogP contribution in [0.5, 0.6) is 0 Å². The van der Waals surface area contributed by atoms with Gasteiger partial charge in [-0.1, -0.05) is 54.6 Å². The van der Waals surface area contributed by atoms with Crippen LogP contribution in [0.4, 0.5) is 14.6 Å². The minimum Gasteiger partial charge on any atom is -0.348 e. The van der Waals surface area contributed by atoms with Crippen molar-refractivity contribution in [2.75, 3.05) is 5.32 Å². The molecule has 2 aliphatic rings. The van der Waals surface area contributed by atoms with Crippen molar-refractivity contribution in [1.29, 1.82) is 0 Å². The Morgan fingerprint density at radius 3 is 2.26 bits per heavy atom. The van der Waals surface area contributed by atoms with Crippen LogP contribution in [0.25, 0.3) is 22.4 Å².